The number of aromatic nitrogens is 2. The Kier molecular flexibility index (Phi) is 6.29. The topological polar surface area (TPSA) is 53.4 Å². The first kappa shape index (κ1) is 17.3. The third-order valence-corrected chi connectivity index (χ3v) is 4.83. The normalized spacial score (nSPS) is 24.4. The van der Waals surface area contributed by atoms with Crippen LogP contribution in [0.4, 0.5) is 0 Å². The van der Waals surface area contributed by atoms with E-state index < -0.39 is 0 Å². The van der Waals surface area contributed by atoms with E-state index in [1.54, 1.807) is 6.20 Å². The van der Waals surface area contributed by atoms with Gasteiger partial charge in [-0.2, -0.15) is 5.10 Å². The number of hydrazone groups is 1. The van der Waals surface area contributed by atoms with Crippen molar-refractivity contribution in [1.82, 2.24) is 20.3 Å². The van der Waals surface area contributed by atoms with Gasteiger partial charge < -0.3 is 4.90 Å². The first-order chi connectivity index (χ1) is 10.2. The molecule has 1 aliphatic carbocycles. The van der Waals surface area contributed by atoms with Crippen molar-refractivity contribution in [3.8, 4) is 0 Å². The zero-order valence-electron chi connectivity index (χ0n) is 12.6. The summed E-state index contributed by atoms with van der Waals surface area (Å²) in [6.07, 6.45) is 8.66. The minimum atomic E-state index is 0. The average molecular weight is 367 g/mol. The van der Waals surface area contributed by atoms with E-state index in [0.29, 0.717) is 0 Å². The molecule has 1 aromatic heterocycles. The average Bonchev–Trinajstić information content (AvgIpc) is 2.87. The van der Waals surface area contributed by atoms with Crippen molar-refractivity contribution in [3.05, 3.63) is 24.3 Å². The maximum absolute atomic E-state index is 5.51. The maximum atomic E-state index is 5.51. The van der Waals surface area contributed by atoms with Gasteiger partial charge in [-0.3, -0.25) is 5.43 Å². The quantitative estimate of drug-likeness (QED) is 0.376. The van der Waals surface area contributed by atoms with Gasteiger partial charge >= 0.3 is 17.1 Å². The molecule has 3 fully saturated rings. The van der Waals surface area contributed by atoms with Gasteiger partial charge in [0.1, 0.15) is 6.33 Å². The van der Waals surface area contributed by atoms with E-state index in [0.717, 1.165) is 41.4 Å². The predicted molar refractivity (Wildman–Crippen MR) is 87.0 cm³/mol. The second kappa shape index (κ2) is 7.99. The van der Waals surface area contributed by atoms with Gasteiger partial charge in [0, 0.05) is 19.3 Å². The van der Waals surface area contributed by atoms with Crippen LogP contribution in [0, 0.1) is 11.8 Å². The largest absolute Gasteiger partial charge is 1.00 e. The number of fused-ring (bicyclic) bond motifs is 4. The first-order valence-corrected chi connectivity index (χ1v) is 7.99. The van der Waals surface area contributed by atoms with Crippen LogP contribution in [0.25, 0.3) is 0 Å². The van der Waals surface area contributed by atoms with Crippen molar-refractivity contribution in [1.29, 1.82) is 0 Å². The van der Waals surface area contributed by atoms with Gasteiger partial charge in [-0.1, -0.05) is 0 Å². The summed E-state index contributed by atoms with van der Waals surface area (Å²) >= 11 is 5.51. The molecule has 7 heteroatoms. The standard InChI is InChI=1S/C15H21N5S.Cu/c1-11(14-6-7-16-10-17-14)18-19-15(21)20-8-12-2-3-13(9-20)5-4-12;/h6-7,10,12-13H,2-5,8-9H2,1H3,(H,19,21);/q;+1. The summed E-state index contributed by atoms with van der Waals surface area (Å²) in [7, 11) is 0. The zero-order valence-corrected chi connectivity index (χ0v) is 14.4. The summed E-state index contributed by atoms with van der Waals surface area (Å²) in [5, 5.41) is 5.10. The number of rotatable bonds is 2. The van der Waals surface area contributed by atoms with Gasteiger partial charge in [-0.05, 0) is 62.7 Å². The van der Waals surface area contributed by atoms with Crippen molar-refractivity contribution in [2.24, 2.45) is 16.9 Å². The van der Waals surface area contributed by atoms with E-state index >= 15 is 0 Å². The Bertz CT molecular complexity index is 514. The second-order valence-electron chi connectivity index (χ2n) is 6.00. The number of nitrogens with one attached hydrogen (secondary N) is 1. The molecule has 2 aliphatic heterocycles. The molecule has 0 aromatic carbocycles. The minimum absolute atomic E-state index is 0. The summed E-state index contributed by atoms with van der Waals surface area (Å²) in [5.41, 5.74) is 4.67. The molecule has 3 aliphatic rings. The van der Waals surface area contributed by atoms with Gasteiger partial charge in [0.15, 0.2) is 5.11 Å². The molecular weight excluding hydrogens is 346 g/mol. The first-order valence-electron chi connectivity index (χ1n) is 7.58. The van der Waals surface area contributed by atoms with Crippen LogP contribution in [0.15, 0.2) is 23.7 Å². The number of thiocarbonyl (C=S) groups is 1. The van der Waals surface area contributed by atoms with Gasteiger partial charge in [-0.25, -0.2) is 9.97 Å². The van der Waals surface area contributed by atoms with E-state index in [2.05, 4.69) is 25.4 Å². The maximum Gasteiger partial charge on any atom is 1.00 e. The van der Waals surface area contributed by atoms with Crippen molar-refractivity contribution in [2.75, 3.05) is 13.1 Å². The Balaban J connectivity index is 0.00000176. The fourth-order valence-corrected chi connectivity index (χ4v) is 3.42. The van der Waals surface area contributed by atoms with Gasteiger partial charge in [0.05, 0.1) is 11.4 Å². The number of nitrogens with zero attached hydrogens (tertiary/aromatic N) is 4. The predicted octanol–water partition coefficient (Wildman–Crippen LogP) is 2.19. The van der Waals surface area contributed by atoms with Gasteiger partial charge in [0.2, 0.25) is 0 Å². The minimum Gasteiger partial charge on any atom is -0.347 e. The van der Waals surface area contributed by atoms with Crippen LogP contribution in [-0.2, 0) is 17.1 Å². The summed E-state index contributed by atoms with van der Waals surface area (Å²) in [4.78, 5) is 10.4. The van der Waals surface area contributed by atoms with E-state index in [-0.39, 0.29) is 17.1 Å². The van der Waals surface area contributed by atoms with Crippen molar-refractivity contribution in [3.63, 3.8) is 0 Å². The molecule has 1 saturated carbocycles. The summed E-state index contributed by atoms with van der Waals surface area (Å²) in [6, 6.07) is 1.84. The molecule has 1 aromatic rings. The molecule has 2 bridgehead atoms. The molecule has 4 rings (SSSR count). The van der Waals surface area contributed by atoms with E-state index in [1.165, 1.54) is 32.0 Å². The molecule has 1 N–H and O–H groups in total. The van der Waals surface area contributed by atoms with Crippen LogP contribution in [0.2, 0.25) is 0 Å². The summed E-state index contributed by atoms with van der Waals surface area (Å²) in [5.74, 6) is 1.60. The molecule has 3 heterocycles. The summed E-state index contributed by atoms with van der Waals surface area (Å²) in [6.45, 7) is 4.07. The molecule has 0 unspecified atom stereocenters. The molecule has 0 atom stereocenters. The number of hydrogen-bond acceptors (Lipinski definition) is 4. The molecule has 0 amide bonds. The number of hydrogen-bond donors (Lipinski definition) is 1. The van der Waals surface area contributed by atoms with Gasteiger partial charge in [0.25, 0.3) is 0 Å². The van der Waals surface area contributed by atoms with Crippen LogP contribution in [0.3, 0.4) is 0 Å². The van der Waals surface area contributed by atoms with Crippen LogP contribution in [0.1, 0.15) is 38.3 Å². The Morgan fingerprint density at radius 3 is 2.45 bits per heavy atom. The second-order valence-corrected chi connectivity index (χ2v) is 6.39. The Morgan fingerprint density at radius 1 is 1.27 bits per heavy atom. The zero-order chi connectivity index (χ0) is 14.7. The Labute approximate surface area is 147 Å². The van der Waals surface area contributed by atoms with Crippen molar-refractivity contribution < 1.29 is 17.1 Å². The molecule has 22 heavy (non-hydrogen) atoms. The van der Waals surface area contributed by atoms with E-state index in [1.807, 2.05) is 13.0 Å². The van der Waals surface area contributed by atoms with Crippen LogP contribution in [0.5, 0.6) is 0 Å². The molecule has 122 valence electrons. The Morgan fingerprint density at radius 2 is 1.91 bits per heavy atom. The monoisotopic (exact) mass is 366 g/mol. The molecule has 0 radical (unpaired) electrons. The van der Waals surface area contributed by atoms with Crippen LogP contribution in [-0.4, -0.2) is 38.8 Å². The van der Waals surface area contributed by atoms with Crippen LogP contribution >= 0.6 is 12.2 Å². The fraction of sp³-hybridized carbons (Fsp3) is 0.600. The molecule has 5 nitrogen and oxygen atoms in total. The third kappa shape index (κ3) is 4.24. The molecule has 0 spiro atoms. The third-order valence-electron chi connectivity index (χ3n) is 4.48. The van der Waals surface area contributed by atoms with Crippen LogP contribution < -0.4 is 5.43 Å². The van der Waals surface area contributed by atoms with Crippen molar-refractivity contribution >= 4 is 23.0 Å². The molecule has 2 saturated heterocycles. The van der Waals surface area contributed by atoms with Gasteiger partial charge in [-0.15, -0.1) is 0 Å². The summed E-state index contributed by atoms with van der Waals surface area (Å²) < 4.78 is 0. The fourth-order valence-electron chi connectivity index (χ4n) is 3.22. The Hall–Kier alpha value is -1.04. The van der Waals surface area contributed by atoms with Crippen molar-refractivity contribution in [2.45, 2.75) is 32.6 Å². The van der Waals surface area contributed by atoms with E-state index in [4.69, 9.17) is 12.2 Å². The van der Waals surface area contributed by atoms with E-state index in [9.17, 15) is 0 Å². The SMILES string of the molecule is CC(=NNC(=S)N1CC2CCC(CC2)C1)c1ccncn1.[Cu+]. The smallest absolute Gasteiger partial charge is 0.347 e. The molecular formula is C15H21CuN5S+.